The number of thioether (sulfide) groups is 1. The molecule has 11 heteroatoms. The number of ether oxygens (including phenoxy) is 1. The van der Waals surface area contributed by atoms with Gasteiger partial charge in [-0.1, -0.05) is 23.1 Å². The fraction of sp³-hybridized carbons (Fsp3) is 0.333. The van der Waals surface area contributed by atoms with Crippen molar-refractivity contribution in [2.45, 2.75) is 23.5 Å². The van der Waals surface area contributed by atoms with Crippen LogP contribution in [-0.2, 0) is 0 Å². The zero-order chi connectivity index (χ0) is 19.0. The molecule has 0 bridgehead atoms. The van der Waals surface area contributed by atoms with Crippen LogP contribution in [0.4, 0.5) is 24.0 Å². The van der Waals surface area contributed by atoms with Crippen LogP contribution >= 0.6 is 23.1 Å². The Bertz CT molecular complexity index is 795. The number of rotatable bonds is 8. The Morgan fingerprint density at radius 2 is 1.96 bits per heavy atom. The topological polar surface area (TPSA) is 94.6 Å². The molecule has 0 amide bonds. The molecule has 1 atom stereocenters. The molecule has 1 aromatic carbocycles. The first-order valence-electron chi connectivity index (χ1n) is 7.25. The first-order chi connectivity index (χ1) is 12.4. The third-order valence-electron chi connectivity index (χ3n) is 2.94. The van der Waals surface area contributed by atoms with Gasteiger partial charge in [-0.2, -0.15) is 10.5 Å². The molecule has 1 heterocycles. The van der Waals surface area contributed by atoms with Crippen LogP contribution in [0.3, 0.4) is 0 Å². The molecule has 0 unspecified atom stereocenters. The van der Waals surface area contributed by atoms with Crippen molar-refractivity contribution in [3.05, 3.63) is 24.3 Å². The highest BCUT2D eigenvalue weighted by atomic mass is 32.2. The number of alkyl halides is 3. The molecule has 1 N–H and O–H groups in total. The summed E-state index contributed by atoms with van der Waals surface area (Å²) in [5.41, 5.74) is 0.538. The molecule has 2 aromatic rings. The van der Waals surface area contributed by atoms with Gasteiger partial charge in [-0.05, 0) is 30.7 Å². The van der Waals surface area contributed by atoms with Crippen molar-refractivity contribution in [3.63, 3.8) is 0 Å². The molecular formula is C15H12F3N5OS2. The SMILES string of the molecule is N#CCC[C@H](C#N)CSc1nnc(Nc2ccc(OC(F)(F)F)cc2)s1. The summed E-state index contributed by atoms with van der Waals surface area (Å²) in [6.45, 7) is 0. The highest BCUT2D eigenvalue weighted by Gasteiger charge is 2.30. The number of hydrogen-bond acceptors (Lipinski definition) is 8. The van der Waals surface area contributed by atoms with Gasteiger partial charge in [0.15, 0.2) is 4.34 Å². The average molecular weight is 399 g/mol. The van der Waals surface area contributed by atoms with Gasteiger partial charge in [0.2, 0.25) is 5.13 Å². The van der Waals surface area contributed by atoms with Gasteiger partial charge in [0.05, 0.1) is 18.1 Å². The van der Waals surface area contributed by atoms with Crippen molar-refractivity contribution < 1.29 is 17.9 Å². The first kappa shape index (κ1) is 19.8. The van der Waals surface area contributed by atoms with E-state index in [1.807, 2.05) is 6.07 Å². The van der Waals surface area contributed by atoms with Crippen molar-refractivity contribution in [3.8, 4) is 17.9 Å². The fourth-order valence-corrected chi connectivity index (χ4v) is 3.64. The van der Waals surface area contributed by atoms with Crippen LogP contribution in [0.2, 0.25) is 0 Å². The summed E-state index contributed by atoms with van der Waals surface area (Å²) in [4.78, 5) is 0. The summed E-state index contributed by atoms with van der Waals surface area (Å²) < 4.78 is 40.8. The number of nitrogens with zero attached hydrogens (tertiary/aromatic N) is 4. The monoisotopic (exact) mass is 399 g/mol. The van der Waals surface area contributed by atoms with Gasteiger partial charge in [-0.25, -0.2) is 0 Å². The van der Waals surface area contributed by atoms with E-state index in [2.05, 4.69) is 26.3 Å². The molecule has 6 nitrogen and oxygen atoms in total. The molecule has 2 rings (SSSR count). The second-order valence-electron chi connectivity index (χ2n) is 4.90. The van der Waals surface area contributed by atoms with Crippen molar-refractivity contribution in [1.82, 2.24) is 10.2 Å². The number of aromatic nitrogens is 2. The Hall–Kier alpha value is -2.50. The third kappa shape index (κ3) is 6.78. The summed E-state index contributed by atoms with van der Waals surface area (Å²) in [6.07, 6.45) is -3.89. The zero-order valence-corrected chi connectivity index (χ0v) is 14.8. The van der Waals surface area contributed by atoms with Crippen LogP contribution in [0.15, 0.2) is 28.6 Å². The summed E-state index contributed by atoms with van der Waals surface area (Å²) >= 11 is 2.63. The molecule has 136 valence electrons. The Morgan fingerprint density at radius 3 is 2.58 bits per heavy atom. The normalized spacial score (nSPS) is 12.0. The predicted octanol–water partition coefficient (Wildman–Crippen LogP) is 4.72. The van der Waals surface area contributed by atoms with E-state index < -0.39 is 6.36 Å². The van der Waals surface area contributed by atoms with Crippen molar-refractivity contribution in [2.24, 2.45) is 5.92 Å². The van der Waals surface area contributed by atoms with Crippen molar-refractivity contribution >= 4 is 33.9 Å². The molecule has 0 spiro atoms. The van der Waals surface area contributed by atoms with E-state index >= 15 is 0 Å². The summed E-state index contributed by atoms with van der Waals surface area (Å²) in [5, 5.41) is 28.9. The van der Waals surface area contributed by atoms with E-state index in [1.54, 1.807) is 0 Å². The lowest BCUT2D eigenvalue weighted by Crippen LogP contribution is -2.16. The van der Waals surface area contributed by atoms with Gasteiger partial charge >= 0.3 is 6.36 Å². The Morgan fingerprint density at radius 1 is 1.23 bits per heavy atom. The maximum absolute atomic E-state index is 12.1. The molecule has 0 fully saturated rings. The molecule has 0 aliphatic heterocycles. The quantitative estimate of drug-likeness (QED) is 0.642. The number of nitrogens with one attached hydrogen (secondary N) is 1. The van der Waals surface area contributed by atoms with Crippen LogP contribution in [0.25, 0.3) is 0 Å². The van der Waals surface area contributed by atoms with Gasteiger partial charge in [0.1, 0.15) is 5.75 Å². The largest absolute Gasteiger partial charge is 0.573 e. The fourth-order valence-electron chi connectivity index (χ4n) is 1.78. The van der Waals surface area contributed by atoms with E-state index in [4.69, 9.17) is 10.5 Å². The third-order valence-corrected chi connectivity index (χ3v) is 5.08. The Kier molecular flexibility index (Phi) is 7.06. The second-order valence-corrected chi connectivity index (χ2v) is 7.15. The maximum Gasteiger partial charge on any atom is 0.573 e. The molecule has 1 aromatic heterocycles. The van der Waals surface area contributed by atoms with E-state index in [-0.39, 0.29) is 11.7 Å². The van der Waals surface area contributed by atoms with Crippen LogP contribution < -0.4 is 10.1 Å². The standard InChI is InChI=1S/C15H12F3N5OS2/c16-15(17,18)24-12-5-3-11(4-6-12)21-13-22-23-14(26-13)25-9-10(8-20)2-1-7-19/h3-6,10H,1-2,9H2,(H,21,22)/t10-/m1/s1. The molecule has 0 aliphatic carbocycles. The van der Waals surface area contributed by atoms with E-state index in [9.17, 15) is 13.2 Å². The summed E-state index contributed by atoms with van der Waals surface area (Å²) in [7, 11) is 0. The number of benzene rings is 1. The van der Waals surface area contributed by atoms with Gasteiger partial charge in [0.25, 0.3) is 0 Å². The molecule has 0 radical (unpaired) electrons. The summed E-state index contributed by atoms with van der Waals surface area (Å²) in [6, 6.07) is 9.42. The van der Waals surface area contributed by atoms with Crippen molar-refractivity contribution in [1.29, 1.82) is 10.5 Å². The predicted molar refractivity (Wildman–Crippen MR) is 91.0 cm³/mol. The number of hydrogen-bond donors (Lipinski definition) is 1. The number of anilines is 2. The van der Waals surface area contributed by atoms with Crippen molar-refractivity contribution in [2.75, 3.05) is 11.1 Å². The van der Waals surface area contributed by atoms with Gasteiger partial charge in [-0.15, -0.1) is 23.4 Å². The first-order valence-corrected chi connectivity index (χ1v) is 9.05. The smallest absolute Gasteiger partial charge is 0.406 e. The van der Waals surface area contributed by atoms with E-state index in [0.29, 0.717) is 33.8 Å². The molecular weight excluding hydrogens is 387 g/mol. The molecule has 0 aliphatic rings. The molecule has 0 saturated heterocycles. The summed E-state index contributed by atoms with van der Waals surface area (Å²) in [5.74, 6) is -0.0337. The minimum absolute atomic E-state index is 0.235. The van der Waals surface area contributed by atoms with Crippen LogP contribution in [-0.4, -0.2) is 22.3 Å². The number of nitriles is 2. The van der Waals surface area contributed by atoms with E-state index in [0.717, 1.165) is 0 Å². The Balaban J connectivity index is 1.88. The van der Waals surface area contributed by atoms with Crippen LogP contribution in [0.1, 0.15) is 12.8 Å². The van der Waals surface area contributed by atoms with E-state index in [1.165, 1.54) is 47.4 Å². The maximum atomic E-state index is 12.1. The molecule has 0 saturated carbocycles. The van der Waals surface area contributed by atoms with Gasteiger partial charge in [0, 0.05) is 17.9 Å². The molecule has 26 heavy (non-hydrogen) atoms. The Labute approximate surface area is 155 Å². The minimum Gasteiger partial charge on any atom is -0.406 e. The highest BCUT2D eigenvalue weighted by Crippen LogP contribution is 2.30. The highest BCUT2D eigenvalue weighted by molar-refractivity contribution is 8.01. The zero-order valence-electron chi connectivity index (χ0n) is 13.2. The lowest BCUT2D eigenvalue weighted by Gasteiger charge is -2.09. The lowest BCUT2D eigenvalue weighted by atomic mass is 10.1. The van der Waals surface area contributed by atoms with Crippen LogP contribution in [0, 0.1) is 28.6 Å². The average Bonchev–Trinajstić information content (AvgIpc) is 3.03. The minimum atomic E-state index is -4.73. The van der Waals surface area contributed by atoms with Gasteiger partial charge < -0.3 is 10.1 Å². The van der Waals surface area contributed by atoms with Crippen LogP contribution in [0.5, 0.6) is 5.75 Å². The number of halogens is 3. The second kappa shape index (κ2) is 9.27. The lowest BCUT2D eigenvalue weighted by molar-refractivity contribution is -0.274. The van der Waals surface area contributed by atoms with Gasteiger partial charge in [-0.3, -0.25) is 0 Å².